The van der Waals surface area contributed by atoms with Crippen LogP contribution in [0.4, 0.5) is 5.69 Å². The number of aromatic nitrogens is 4. The number of hydrogen-bond donors (Lipinski definition) is 1. The molecular formula is C27H38N6O3. The molecule has 1 aliphatic rings. The molecule has 1 aliphatic heterocycles. The summed E-state index contributed by atoms with van der Waals surface area (Å²) < 4.78 is 3.47. The average molecular weight is 495 g/mol. The van der Waals surface area contributed by atoms with E-state index in [-0.39, 0.29) is 11.8 Å². The first-order valence-electron chi connectivity index (χ1n) is 13.1. The first-order chi connectivity index (χ1) is 17.3. The molecule has 0 spiro atoms. The summed E-state index contributed by atoms with van der Waals surface area (Å²) >= 11 is 0. The number of anilines is 1. The number of carbonyl (C=O) groups is 1. The lowest BCUT2D eigenvalue weighted by Gasteiger charge is -2.36. The summed E-state index contributed by atoms with van der Waals surface area (Å²) in [5.41, 5.74) is 2.48. The third-order valence-electron chi connectivity index (χ3n) is 6.90. The molecule has 0 saturated carbocycles. The number of para-hydroxylation sites is 1. The Morgan fingerprint density at radius 2 is 1.81 bits per heavy atom. The van der Waals surface area contributed by atoms with Crippen molar-refractivity contribution in [1.29, 1.82) is 0 Å². The fourth-order valence-electron chi connectivity index (χ4n) is 4.99. The molecule has 0 unspecified atom stereocenters. The summed E-state index contributed by atoms with van der Waals surface area (Å²) in [5, 5.41) is 0. The number of fused-ring (bicyclic) bond motifs is 1. The summed E-state index contributed by atoms with van der Waals surface area (Å²) in [6.45, 7) is 12.4. The SMILES string of the molecule is CCCCn1c(=O)[nH]c(=O)c2c1nc(CCC(=O)N1CCN(c3ccccc3C)CC1)n2CC(C)C. The highest BCUT2D eigenvalue weighted by atomic mass is 16.2. The molecule has 3 aromatic rings. The van der Waals surface area contributed by atoms with Gasteiger partial charge in [-0.15, -0.1) is 0 Å². The first kappa shape index (κ1) is 25.7. The van der Waals surface area contributed by atoms with Crippen molar-refractivity contribution < 1.29 is 4.79 Å². The molecule has 0 bridgehead atoms. The van der Waals surface area contributed by atoms with Crippen molar-refractivity contribution in [2.75, 3.05) is 31.1 Å². The Bertz CT molecular complexity index is 1330. The lowest BCUT2D eigenvalue weighted by atomic mass is 10.1. The van der Waals surface area contributed by atoms with Crippen LogP contribution in [0.5, 0.6) is 0 Å². The quantitative estimate of drug-likeness (QED) is 0.493. The molecule has 4 rings (SSSR count). The number of imidazole rings is 1. The van der Waals surface area contributed by atoms with E-state index < -0.39 is 11.2 Å². The zero-order valence-electron chi connectivity index (χ0n) is 21.9. The van der Waals surface area contributed by atoms with E-state index >= 15 is 0 Å². The summed E-state index contributed by atoms with van der Waals surface area (Å²) in [5.74, 6) is 1.06. The molecule has 2 aromatic heterocycles. The van der Waals surface area contributed by atoms with Gasteiger partial charge >= 0.3 is 5.69 Å². The molecule has 9 heteroatoms. The van der Waals surface area contributed by atoms with Crippen LogP contribution in [-0.2, 0) is 24.3 Å². The number of aromatic amines is 1. The first-order valence-corrected chi connectivity index (χ1v) is 13.1. The minimum Gasteiger partial charge on any atom is -0.368 e. The van der Waals surface area contributed by atoms with Crippen LogP contribution in [0.1, 0.15) is 51.4 Å². The van der Waals surface area contributed by atoms with E-state index in [4.69, 9.17) is 4.98 Å². The molecular weight excluding hydrogens is 456 g/mol. The van der Waals surface area contributed by atoms with E-state index in [1.807, 2.05) is 15.5 Å². The second kappa shape index (κ2) is 11.1. The molecule has 0 radical (unpaired) electrons. The van der Waals surface area contributed by atoms with Crippen LogP contribution in [0.15, 0.2) is 33.9 Å². The van der Waals surface area contributed by atoms with Gasteiger partial charge in [-0.3, -0.25) is 19.1 Å². The number of nitrogens with one attached hydrogen (secondary N) is 1. The smallest absolute Gasteiger partial charge is 0.330 e. The number of nitrogens with zero attached hydrogens (tertiary/aromatic N) is 5. The lowest BCUT2D eigenvalue weighted by molar-refractivity contribution is -0.131. The second-order valence-corrected chi connectivity index (χ2v) is 10.1. The summed E-state index contributed by atoms with van der Waals surface area (Å²) in [6.07, 6.45) is 2.50. The highest BCUT2D eigenvalue weighted by Gasteiger charge is 2.24. The number of amides is 1. The van der Waals surface area contributed by atoms with Crippen molar-refractivity contribution in [3.05, 3.63) is 56.5 Å². The average Bonchev–Trinajstić information content (AvgIpc) is 3.20. The Labute approximate surface area is 211 Å². The van der Waals surface area contributed by atoms with E-state index in [1.54, 1.807) is 4.57 Å². The van der Waals surface area contributed by atoms with Gasteiger partial charge in [-0.2, -0.15) is 0 Å². The largest absolute Gasteiger partial charge is 0.368 e. The van der Waals surface area contributed by atoms with Crippen LogP contribution in [0.25, 0.3) is 11.2 Å². The van der Waals surface area contributed by atoms with E-state index in [1.165, 1.54) is 11.3 Å². The van der Waals surface area contributed by atoms with E-state index in [0.717, 1.165) is 25.9 Å². The van der Waals surface area contributed by atoms with Gasteiger partial charge in [0.15, 0.2) is 11.2 Å². The molecule has 0 atom stereocenters. The minimum atomic E-state index is -0.427. The molecule has 36 heavy (non-hydrogen) atoms. The summed E-state index contributed by atoms with van der Waals surface area (Å²) in [7, 11) is 0. The van der Waals surface area contributed by atoms with Gasteiger partial charge in [-0.1, -0.05) is 45.4 Å². The number of aryl methyl sites for hydroxylation is 3. The number of hydrogen-bond acceptors (Lipinski definition) is 5. The van der Waals surface area contributed by atoms with E-state index in [2.05, 4.69) is 55.8 Å². The Hall–Kier alpha value is -3.36. The van der Waals surface area contributed by atoms with Gasteiger partial charge in [0.2, 0.25) is 5.91 Å². The Morgan fingerprint density at radius 1 is 1.08 bits per heavy atom. The van der Waals surface area contributed by atoms with Crippen molar-refractivity contribution in [2.24, 2.45) is 5.92 Å². The van der Waals surface area contributed by atoms with E-state index in [0.29, 0.717) is 56.0 Å². The predicted octanol–water partition coefficient (Wildman–Crippen LogP) is 2.93. The predicted molar refractivity (Wildman–Crippen MR) is 143 cm³/mol. The zero-order chi connectivity index (χ0) is 25.8. The van der Waals surface area contributed by atoms with E-state index in [9.17, 15) is 14.4 Å². The van der Waals surface area contributed by atoms with Gasteiger partial charge in [0.1, 0.15) is 5.82 Å². The van der Waals surface area contributed by atoms with Crippen LogP contribution in [0.2, 0.25) is 0 Å². The van der Waals surface area contributed by atoms with Crippen LogP contribution >= 0.6 is 0 Å². The third kappa shape index (κ3) is 5.39. The minimum absolute atomic E-state index is 0.0971. The highest BCUT2D eigenvalue weighted by molar-refractivity contribution is 5.77. The number of unbranched alkanes of at least 4 members (excludes halogenated alkanes) is 1. The van der Waals surface area contributed by atoms with Gasteiger partial charge < -0.3 is 14.4 Å². The van der Waals surface area contributed by atoms with Crippen LogP contribution in [0.3, 0.4) is 0 Å². The Morgan fingerprint density at radius 3 is 2.47 bits per heavy atom. The van der Waals surface area contributed by atoms with Gasteiger partial charge in [0, 0.05) is 57.8 Å². The second-order valence-electron chi connectivity index (χ2n) is 10.1. The molecule has 1 fully saturated rings. The van der Waals surface area contributed by atoms with Crippen LogP contribution < -0.4 is 16.1 Å². The highest BCUT2D eigenvalue weighted by Crippen LogP contribution is 2.21. The van der Waals surface area contributed by atoms with Crippen molar-refractivity contribution in [3.63, 3.8) is 0 Å². The fraction of sp³-hybridized carbons (Fsp3) is 0.556. The Kier molecular flexibility index (Phi) is 7.96. The number of piperazine rings is 1. The monoisotopic (exact) mass is 494 g/mol. The van der Waals surface area contributed by atoms with Crippen molar-refractivity contribution in [1.82, 2.24) is 24.0 Å². The molecule has 0 aliphatic carbocycles. The maximum Gasteiger partial charge on any atom is 0.330 e. The van der Waals surface area contributed by atoms with Crippen molar-refractivity contribution in [3.8, 4) is 0 Å². The number of carbonyl (C=O) groups excluding carboxylic acids is 1. The van der Waals surface area contributed by atoms with Gasteiger partial charge in [0.05, 0.1) is 0 Å². The van der Waals surface area contributed by atoms with Crippen LogP contribution in [-0.4, -0.2) is 56.1 Å². The fourth-order valence-corrected chi connectivity index (χ4v) is 4.99. The Balaban J connectivity index is 1.51. The molecule has 1 saturated heterocycles. The normalized spacial score (nSPS) is 14.2. The molecule has 3 heterocycles. The molecule has 1 amide bonds. The molecule has 9 nitrogen and oxygen atoms in total. The lowest BCUT2D eigenvalue weighted by Crippen LogP contribution is -2.49. The molecule has 194 valence electrons. The van der Waals surface area contributed by atoms with Crippen LogP contribution in [0, 0.1) is 12.8 Å². The maximum absolute atomic E-state index is 13.1. The topological polar surface area (TPSA) is 96.2 Å². The zero-order valence-corrected chi connectivity index (χ0v) is 21.9. The van der Waals surface area contributed by atoms with Gasteiger partial charge in [-0.25, -0.2) is 9.78 Å². The number of rotatable bonds is 9. The van der Waals surface area contributed by atoms with Gasteiger partial charge in [-0.05, 0) is 30.9 Å². The third-order valence-corrected chi connectivity index (χ3v) is 6.90. The van der Waals surface area contributed by atoms with Gasteiger partial charge in [0.25, 0.3) is 5.56 Å². The number of H-pyrrole nitrogens is 1. The molecule has 1 N–H and O–H groups in total. The van der Waals surface area contributed by atoms with Crippen molar-refractivity contribution in [2.45, 2.75) is 66.5 Å². The standard InChI is InChI=1S/C27H38N6O3/c1-5-6-13-32-25-24(26(35)29-27(32)36)33(18-19(2)3)22(28-25)11-12-23(34)31-16-14-30(15-17-31)21-10-8-7-9-20(21)4/h7-10,19H,5-6,11-18H2,1-4H3,(H,29,35,36). The number of benzene rings is 1. The summed E-state index contributed by atoms with van der Waals surface area (Å²) in [4.78, 5) is 49.9. The van der Waals surface area contributed by atoms with Crippen molar-refractivity contribution >= 4 is 22.8 Å². The molecule has 1 aromatic carbocycles. The summed E-state index contributed by atoms with van der Waals surface area (Å²) in [6, 6.07) is 8.34. The maximum atomic E-state index is 13.1.